The van der Waals surface area contributed by atoms with Crippen LogP contribution < -0.4 is 4.72 Å². The van der Waals surface area contributed by atoms with Gasteiger partial charge in [0.2, 0.25) is 0 Å². The molecule has 0 unspecified atom stereocenters. The van der Waals surface area contributed by atoms with Gasteiger partial charge in [-0.1, -0.05) is 0 Å². The minimum Gasteiger partial charge on any atom is -0.508 e. The van der Waals surface area contributed by atoms with Crippen molar-refractivity contribution in [1.29, 1.82) is 0 Å². The second kappa shape index (κ2) is 5.04. The van der Waals surface area contributed by atoms with Gasteiger partial charge in [-0.2, -0.15) is 0 Å². The molecular formula is C12H8F3NO3S. The van der Waals surface area contributed by atoms with Crippen LogP contribution in [0.3, 0.4) is 0 Å². The number of sulfonamides is 1. The van der Waals surface area contributed by atoms with Gasteiger partial charge in [0.05, 0.1) is 4.90 Å². The number of halogens is 3. The van der Waals surface area contributed by atoms with Crippen LogP contribution in [-0.2, 0) is 10.0 Å². The van der Waals surface area contributed by atoms with Crippen molar-refractivity contribution < 1.29 is 26.7 Å². The van der Waals surface area contributed by atoms with Gasteiger partial charge in [-0.25, -0.2) is 21.6 Å². The largest absolute Gasteiger partial charge is 0.508 e. The van der Waals surface area contributed by atoms with E-state index in [0.717, 1.165) is 24.3 Å². The predicted molar refractivity (Wildman–Crippen MR) is 65.2 cm³/mol. The molecule has 0 amide bonds. The highest BCUT2D eigenvalue weighted by atomic mass is 32.2. The summed E-state index contributed by atoms with van der Waals surface area (Å²) in [5, 5.41) is 9.05. The molecule has 20 heavy (non-hydrogen) atoms. The highest BCUT2D eigenvalue weighted by Crippen LogP contribution is 2.24. The normalized spacial score (nSPS) is 11.3. The lowest BCUT2D eigenvalue weighted by Gasteiger charge is -2.10. The number of benzene rings is 2. The van der Waals surface area contributed by atoms with Crippen LogP contribution in [0.2, 0.25) is 0 Å². The van der Waals surface area contributed by atoms with E-state index in [2.05, 4.69) is 0 Å². The van der Waals surface area contributed by atoms with Crippen molar-refractivity contribution in [2.45, 2.75) is 4.90 Å². The fourth-order valence-corrected chi connectivity index (χ4v) is 2.53. The molecule has 0 aliphatic carbocycles. The van der Waals surface area contributed by atoms with Crippen molar-refractivity contribution in [3.63, 3.8) is 0 Å². The Balaban J connectivity index is 2.41. The zero-order chi connectivity index (χ0) is 14.9. The third-order valence-corrected chi connectivity index (χ3v) is 3.76. The molecule has 0 aliphatic rings. The molecule has 0 saturated heterocycles. The van der Waals surface area contributed by atoms with E-state index in [0.29, 0.717) is 12.1 Å². The van der Waals surface area contributed by atoms with Gasteiger partial charge in [0.1, 0.15) is 17.3 Å². The number of aromatic hydroxyl groups is 1. The lowest BCUT2D eigenvalue weighted by atomic mass is 10.3. The van der Waals surface area contributed by atoms with Gasteiger partial charge < -0.3 is 5.11 Å². The molecule has 2 rings (SSSR count). The molecule has 2 N–H and O–H groups in total. The van der Waals surface area contributed by atoms with Crippen LogP contribution in [0.1, 0.15) is 0 Å². The van der Waals surface area contributed by atoms with Crippen LogP contribution in [0.25, 0.3) is 0 Å². The van der Waals surface area contributed by atoms with E-state index in [-0.39, 0.29) is 10.6 Å². The molecule has 4 nitrogen and oxygen atoms in total. The molecule has 106 valence electrons. The van der Waals surface area contributed by atoms with E-state index in [1.54, 1.807) is 4.72 Å². The Morgan fingerprint density at radius 3 is 1.95 bits per heavy atom. The number of hydrogen-bond donors (Lipinski definition) is 2. The number of nitrogens with one attached hydrogen (secondary N) is 1. The summed E-state index contributed by atoms with van der Waals surface area (Å²) < 4.78 is 64.9. The average Bonchev–Trinajstić information content (AvgIpc) is 2.34. The van der Waals surface area contributed by atoms with Crippen molar-refractivity contribution in [3.05, 3.63) is 53.8 Å². The maximum absolute atomic E-state index is 13.4. The number of rotatable bonds is 3. The Hall–Kier alpha value is -2.22. The van der Waals surface area contributed by atoms with Crippen LogP contribution in [0, 0.1) is 17.5 Å². The number of hydrogen-bond acceptors (Lipinski definition) is 3. The molecule has 0 radical (unpaired) electrons. The van der Waals surface area contributed by atoms with Crippen LogP contribution in [0.5, 0.6) is 5.75 Å². The van der Waals surface area contributed by atoms with Gasteiger partial charge in [0.15, 0.2) is 11.6 Å². The van der Waals surface area contributed by atoms with Crippen molar-refractivity contribution in [1.82, 2.24) is 0 Å². The summed E-state index contributed by atoms with van der Waals surface area (Å²) in [4.78, 5) is -0.307. The van der Waals surface area contributed by atoms with Crippen LogP contribution in [-0.4, -0.2) is 13.5 Å². The zero-order valence-corrected chi connectivity index (χ0v) is 10.6. The lowest BCUT2D eigenvalue weighted by Crippen LogP contribution is -2.15. The first-order valence-corrected chi connectivity index (χ1v) is 6.74. The molecule has 0 heterocycles. The van der Waals surface area contributed by atoms with Crippen molar-refractivity contribution in [2.24, 2.45) is 0 Å². The summed E-state index contributed by atoms with van der Waals surface area (Å²) in [6, 6.07) is 5.03. The third-order valence-electron chi connectivity index (χ3n) is 2.39. The Kier molecular flexibility index (Phi) is 3.58. The molecule has 0 aromatic heterocycles. The molecule has 2 aromatic rings. The van der Waals surface area contributed by atoms with E-state index < -0.39 is 33.2 Å². The van der Waals surface area contributed by atoms with Gasteiger partial charge in [-0.3, -0.25) is 4.72 Å². The summed E-state index contributed by atoms with van der Waals surface area (Å²) in [7, 11) is -4.25. The second-order valence-corrected chi connectivity index (χ2v) is 5.53. The zero-order valence-electron chi connectivity index (χ0n) is 9.77. The molecular weight excluding hydrogens is 295 g/mol. The van der Waals surface area contributed by atoms with Gasteiger partial charge in [0.25, 0.3) is 10.0 Å². The summed E-state index contributed by atoms with van der Waals surface area (Å²) in [6.07, 6.45) is 0. The molecule has 0 bridgehead atoms. The lowest BCUT2D eigenvalue weighted by molar-refractivity contribution is 0.475. The molecule has 0 atom stereocenters. The smallest absolute Gasteiger partial charge is 0.262 e. The van der Waals surface area contributed by atoms with Crippen LogP contribution >= 0.6 is 0 Å². The van der Waals surface area contributed by atoms with E-state index in [1.807, 2.05) is 0 Å². The monoisotopic (exact) mass is 303 g/mol. The van der Waals surface area contributed by atoms with Gasteiger partial charge >= 0.3 is 0 Å². The fourth-order valence-electron chi connectivity index (χ4n) is 1.46. The summed E-state index contributed by atoms with van der Waals surface area (Å²) in [5.74, 6) is -4.06. The fraction of sp³-hybridized carbons (Fsp3) is 0. The predicted octanol–water partition coefficient (Wildman–Crippen LogP) is 2.61. The van der Waals surface area contributed by atoms with Crippen molar-refractivity contribution >= 4 is 15.7 Å². The molecule has 8 heteroatoms. The van der Waals surface area contributed by atoms with E-state index in [9.17, 15) is 21.6 Å². The van der Waals surface area contributed by atoms with Gasteiger partial charge in [-0.15, -0.1) is 0 Å². The van der Waals surface area contributed by atoms with Crippen LogP contribution in [0.15, 0.2) is 41.3 Å². The van der Waals surface area contributed by atoms with Crippen molar-refractivity contribution in [3.8, 4) is 5.75 Å². The third kappa shape index (κ3) is 2.85. The average molecular weight is 303 g/mol. The number of anilines is 1. The van der Waals surface area contributed by atoms with E-state index in [1.165, 1.54) is 0 Å². The first-order valence-electron chi connectivity index (χ1n) is 5.26. The van der Waals surface area contributed by atoms with Crippen LogP contribution in [0.4, 0.5) is 18.9 Å². The SMILES string of the molecule is O=S(=O)(Nc1c(F)cc(F)cc1F)c1ccc(O)cc1. The molecule has 0 spiro atoms. The highest BCUT2D eigenvalue weighted by Gasteiger charge is 2.20. The van der Waals surface area contributed by atoms with Gasteiger partial charge in [-0.05, 0) is 24.3 Å². The Labute approximate surface area is 112 Å². The first-order chi connectivity index (χ1) is 9.29. The minimum atomic E-state index is -4.25. The summed E-state index contributed by atoms with van der Waals surface area (Å²) in [6.45, 7) is 0. The van der Waals surface area contributed by atoms with E-state index >= 15 is 0 Å². The van der Waals surface area contributed by atoms with Crippen molar-refractivity contribution in [2.75, 3.05) is 4.72 Å². The van der Waals surface area contributed by atoms with E-state index in [4.69, 9.17) is 5.11 Å². The van der Waals surface area contributed by atoms with Gasteiger partial charge in [0, 0.05) is 12.1 Å². The molecule has 0 aliphatic heterocycles. The minimum absolute atomic E-state index is 0.164. The number of phenols is 1. The maximum Gasteiger partial charge on any atom is 0.262 e. The molecule has 0 saturated carbocycles. The Morgan fingerprint density at radius 2 is 1.45 bits per heavy atom. The highest BCUT2D eigenvalue weighted by molar-refractivity contribution is 7.92. The second-order valence-electron chi connectivity index (χ2n) is 3.84. The molecule has 0 fully saturated rings. The maximum atomic E-state index is 13.4. The Bertz CT molecular complexity index is 722. The number of phenolic OH excluding ortho intramolecular Hbond substituents is 1. The molecule has 2 aromatic carbocycles. The first kappa shape index (κ1) is 14.2. The quantitative estimate of drug-likeness (QED) is 0.916. The summed E-state index contributed by atoms with van der Waals surface area (Å²) in [5.41, 5.74) is -0.973. The standard InChI is InChI=1S/C12H8F3NO3S/c13-7-5-10(14)12(11(15)6-7)16-20(18,19)9-3-1-8(17)2-4-9/h1-6,16-17H. The topological polar surface area (TPSA) is 66.4 Å². The summed E-state index contributed by atoms with van der Waals surface area (Å²) >= 11 is 0. The Morgan fingerprint density at radius 1 is 0.950 bits per heavy atom.